The predicted molar refractivity (Wildman–Crippen MR) is 103 cm³/mol. The SMILES string of the molecule is CN(C)CCCN(C)c1ncc2ncn(-c3ccc4cn[nH]c4c3)c2n1. The van der Waals surface area contributed by atoms with Crippen molar-refractivity contribution in [1.29, 1.82) is 0 Å². The van der Waals surface area contributed by atoms with Gasteiger partial charge in [-0.1, -0.05) is 0 Å². The van der Waals surface area contributed by atoms with E-state index in [1.54, 1.807) is 12.5 Å². The smallest absolute Gasteiger partial charge is 0.227 e. The Labute approximate surface area is 151 Å². The van der Waals surface area contributed by atoms with E-state index in [0.717, 1.165) is 47.3 Å². The lowest BCUT2D eigenvalue weighted by Crippen LogP contribution is -2.24. The summed E-state index contributed by atoms with van der Waals surface area (Å²) in [4.78, 5) is 17.9. The second kappa shape index (κ2) is 6.72. The molecule has 1 aromatic carbocycles. The van der Waals surface area contributed by atoms with Crippen molar-refractivity contribution in [3.05, 3.63) is 36.9 Å². The van der Waals surface area contributed by atoms with Gasteiger partial charge in [-0.15, -0.1) is 0 Å². The first-order valence-electron chi connectivity index (χ1n) is 8.61. The first-order chi connectivity index (χ1) is 12.6. The van der Waals surface area contributed by atoms with Gasteiger partial charge in [0.15, 0.2) is 5.65 Å². The zero-order valence-corrected chi connectivity index (χ0v) is 15.2. The van der Waals surface area contributed by atoms with Crippen LogP contribution in [0.5, 0.6) is 0 Å². The van der Waals surface area contributed by atoms with E-state index in [4.69, 9.17) is 4.98 Å². The molecule has 0 fully saturated rings. The number of hydrogen-bond donors (Lipinski definition) is 1. The molecule has 0 saturated carbocycles. The first-order valence-corrected chi connectivity index (χ1v) is 8.61. The minimum absolute atomic E-state index is 0.709. The lowest BCUT2D eigenvalue weighted by Gasteiger charge is -2.18. The summed E-state index contributed by atoms with van der Waals surface area (Å²) in [5.41, 5.74) is 3.55. The molecule has 0 atom stereocenters. The largest absolute Gasteiger partial charge is 0.344 e. The molecule has 8 heteroatoms. The predicted octanol–water partition coefficient (Wildman–Crippen LogP) is 2.08. The molecule has 0 aliphatic carbocycles. The van der Waals surface area contributed by atoms with Crippen LogP contribution in [0.2, 0.25) is 0 Å². The van der Waals surface area contributed by atoms with Gasteiger partial charge in [-0.2, -0.15) is 10.1 Å². The Morgan fingerprint density at radius 1 is 1.08 bits per heavy atom. The van der Waals surface area contributed by atoms with Gasteiger partial charge in [0, 0.05) is 19.0 Å². The van der Waals surface area contributed by atoms with Crippen LogP contribution in [0.3, 0.4) is 0 Å². The van der Waals surface area contributed by atoms with E-state index in [1.165, 1.54) is 0 Å². The second-order valence-corrected chi connectivity index (χ2v) is 6.71. The van der Waals surface area contributed by atoms with Crippen molar-refractivity contribution in [2.24, 2.45) is 0 Å². The third-order valence-corrected chi connectivity index (χ3v) is 4.42. The molecular weight excluding hydrogens is 328 g/mol. The number of aromatic nitrogens is 6. The van der Waals surface area contributed by atoms with Crippen LogP contribution < -0.4 is 4.90 Å². The van der Waals surface area contributed by atoms with Gasteiger partial charge in [-0.25, -0.2) is 9.97 Å². The van der Waals surface area contributed by atoms with Gasteiger partial charge in [0.05, 0.1) is 23.6 Å². The molecular formula is C18H22N8. The lowest BCUT2D eigenvalue weighted by molar-refractivity contribution is 0.401. The molecule has 0 aliphatic heterocycles. The van der Waals surface area contributed by atoms with E-state index in [9.17, 15) is 0 Å². The highest BCUT2D eigenvalue weighted by atomic mass is 15.3. The molecule has 0 aliphatic rings. The van der Waals surface area contributed by atoms with Crippen LogP contribution >= 0.6 is 0 Å². The molecule has 26 heavy (non-hydrogen) atoms. The number of fused-ring (bicyclic) bond motifs is 2. The fraction of sp³-hybridized carbons (Fsp3) is 0.333. The average molecular weight is 350 g/mol. The van der Waals surface area contributed by atoms with Crippen molar-refractivity contribution in [2.45, 2.75) is 6.42 Å². The molecule has 4 aromatic rings. The van der Waals surface area contributed by atoms with Crippen LogP contribution in [-0.2, 0) is 0 Å². The van der Waals surface area contributed by atoms with Crippen molar-refractivity contribution in [3.8, 4) is 5.69 Å². The van der Waals surface area contributed by atoms with Crippen molar-refractivity contribution >= 4 is 28.0 Å². The monoisotopic (exact) mass is 350 g/mol. The van der Waals surface area contributed by atoms with E-state index in [0.29, 0.717) is 5.95 Å². The highest BCUT2D eigenvalue weighted by Gasteiger charge is 2.11. The molecule has 3 heterocycles. The van der Waals surface area contributed by atoms with Crippen LogP contribution in [0.15, 0.2) is 36.9 Å². The number of aromatic amines is 1. The standard InChI is InChI=1S/C18H22N8/c1-24(2)7-4-8-25(3)18-19-11-16-17(22-18)26(12-20-16)14-6-5-13-10-21-23-15(13)9-14/h5-6,9-12H,4,7-8H2,1-3H3,(H,21,23). The van der Waals surface area contributed by atoms with Gasteiger partial charge in [0.25, 0.3) is 0 Å². The normalized spacial score (nSPS) is 11.7. The van der Waals surface area contributed by atoms with Crippen molar-refractivity contribution < 1.29 is 0 Å². The maximum atomic E-state index is 4.75. The molecule has 0 bridgehead atoms. The van der Waals surface area contributed by atoms with Crippen LogP contribution in [0, 0.1) is 0 Å². The Kier molecular flexibility index (Phi) is 4.26. The summed E-state index contributed by atoms with van der Waals surface area (Å²) in [5.74, 6) is 0.709. The maximum Gasteiger partial charge on any atom is 0.227 e. The van der Waals surface area contributed by atoms with Crippen LogP contribution in [0.1, 0.15) is 6.42 Å². The molecule has 4 rings (SSSR count). The van der Waals surface area contributed by atoms with E-state index in [-0.39, 0.29) is 0 Å². The van der Waals surface area contributed by atoms with E-state index < -0.39 is 0 Å². The topological polar surface area (TPSA) is 78.8 Å². The lowest BCUT2D eigenvalue weighted by atomic mass is 10.2. The Hall–Kier alpha value is -3.00. The van der Waals surface area contributed by atoms with Crippen molar-refractivity contribution in [1.82, 2.24) is 34.6 Å². The number of rotatable bonds is 6. The Morgan fingerprint density at radius 3 is 2.81 bits per heavy atom. The highest BCUT2D eigenvalue weighted by Crippen LogP contribution is 2.21. The molecule has 1 N–H and O–H groups in total. The Morgan fingerprint density at radius 2 is 1.96 bits per heavy atom. The molecule has 0 saturated heterocycles. The Bertz CT molecular complexity index is 1030. The summed E-state index contributed by atoms with van der Waals surface area (Å²) in [6.07, 6.45) is 6.44. The number of hydrogen-bond acceptors (Lipinski definition) is 6. The van der Waals surface area contributed by atoms with Gasteiger partial charge in [0.1, 0.15) is 11.8 Å². The molecule has 0 spiro atoms. The van der Waals surface area contributed by atoms with Crippen LogP contribution in [0.25, 0.3) is 27.8 Å². The fourth-order valence-corrected chi connectivity index (χ4v) is 2.97. The highest BCUT2D eigenvalue weighted by molar-refractivity contribution is 5.81. The average Bonchev–Trinajstić information content (AvgIpc) is 3.26. The molecule has 8 nitrogen and oxygen atoms in total. The van der Waals surface area contributed by atoms with Gasteiger partial charge >= 0.3 is 0 Å². The fourth-order valence-electron chi connectivity index (χ4n) is 2.97. The number of anilines is 1. The summed E-state index contributed by atoms with van der Waals surface area (Å²) in [6.45, 7) is 1.94. The van der Waals surface area contributed by atoms with E-state index in [2.05, 4.69) is 44.1 Å². The molecule has 134 valence electrons. The minimum Gasteiger partial charge on any atom is -0.344 e. The first kappa shape index (κ1) is 16.5. The van der Waals surface area contributed by atoms with Crippen LogP contribution in [0.4, 0.5) is 5.95 Å². The van der Waals surface area contributed by atoms with Crippen molar-refractivity contribution in [3.63, 3.8) is 0 Å². The Balaban J connectivity index is 1.66. The summed E-state index contributed by atoms with van der Waals surface area (Å²) in [6, 6.07) is 6.13. The van der Waals surface area contributed by atoms with Crippen molar-refractivity contribution in [2.75, 3.05) is 39.1 Å². The van der Waals surface area contributed by atoms with Crippen LogP contribution in [-0.4, -0.2) is 68.8 Å². The molecule has 3 aromatic heterocycles. The summed E-state index contributed by atoms with van der Waals surface area (Å²) < 4.78 is 1.98. The number of nitrogens with one attached hydrogen (secondary N) is 1. The molecule has 0 amide bonds. The summed E-state index contributed by atoms with van der Waals surface area (Å²) in [7, 11) is 6.18. The van der Waals surface area contributed by atoms with E-state index >= 15 is 0 Å². The third kappa shape index (κ3) is 3.11. The van der Waals surface area contributed by atoms with Gasteiger partial charge in [-0.3, -0.25) is 9.67 Å². The molecule has 0 unspecified atom stereocenters. The zero-order chi connectivity index (χ0) is 18.1. The number of nitrogens with zero attached hydrogens (tertiary/aromatic N) is 7. The van der Waals surface area contributed by atoms with Gasteiger partial charge in [0.2, 0.25) is 5.95 Å². The zero-order valence-electron chi connectivity index (χ0n) is 15.2. The molecule has 0 radical (unpaired) electrons. The van der Waals surface area contributed by atoms with Gasteiger partial charge in [-0.05, 0) is 45.3 Å². The third-order valence-electron chi connectivity index (χ3n) is 4.42. The maximum absolute atomic E-state index is 4.75. The number of H-pyrrole nitrogens is 1. The number of benzene rings is 1. The summed E-state index contributed by atoms with van der Waals surface area (Å²) >= 11 is 0. The quantitative estimate of drug-likeness (QED) is 0.574. The van der Waals surface area contributed by atoms with Gasteiger partial charge < -0.3 is 9.80 Å². The second-order valence-electron chi connectivity index (χ2n) is 6.71. The van der Waals surface area contributed by atoms with E-state index in [1.807, 2.05) is 36.0 Å². The summed E-state index contributed by atoms with van der Waals surface area (Å²) in [5, 5.41) is 8.16. The number of imidazole rings is 1. The minimum atomic E-state index is 0.709.